The van der Waals surface area contributed by atoms with Crippen LogP contribution in [-0.2, 0) is 6.42 Å². The molecule has 4 rings (SSSR count). The summed E-state index contributed by atoms with van der Waals surface area (Å²) in [5, 5.41) is 4.05. The van der Waals surface area contributed by atoms with Crippen molar-refractivity contribution in [2.75, 3.05) is 10.2 Å². The van der Waals surface area contributed by atoms with Crippen LogP contribution in [0.5, 0.6) is 0 Å². The van der Waals surface area contributed by atoms with Gasteiger partial charge in [-0.3, -0.25) is 0 Å². The van der Waals surface area contributed by atoms with Gasteiger partial charge < -0.3 is 10.2 Å². The van der Waals surface area contributed by atoms with Crippen LogP contribution in [0.1, 0.15) is 18.2 Å². The number of benzene rings is 2. The highest BCUT2D eigenvalue weighted by molar-refractivity contribution is 6.30. The zero-order valence-electron chi connectivity index (χ0n) is 14.2. The fraction of sp³-hybridized carbons (Fsp3) is 0.200. The first-order chi connectivity index (χ1) is 12.1. The molecule has 0 amide bonds. The van der Waals surface area contributed by atoms with Crippen molar-refractivity contribution in [1.82, 2.24) is 9.97 Å². The van der Waals surface area contributed by atoms with E-state index in [1.807, 2.05) is 37.3 Å². The lowest BCUT2D eigenvalue weighted by Crippen LogP contribution is -2.26. The molecular weight excluding hydrogens is 332 g/mol. The first-order valence-electron chi connectivity index (χ1n) is 8.35. The summed E-state index contributed by atoms with van der Waals surface area (Å²) in [7, 11) is 0. The van der Waals surface area contributed by atoms with Crippen LogP contribution in [0.3, 0.4) is 0 Å². The third-order valence-corrected chi connectivity index (χ3v) is 4.63. The second-order valence-electron chi connectivity index (χ2n) is 6.38. The number of halogens is 1. The summed E-state index contributed by atoms with van der Waals surface area (Å²) in [5.41, 5.74) is 4.41. The molecule has 1 aliphatic rings. The molecule has 2 heterocycles. The van der Waals surface area contributed by atoms with E-state index in [4.69, 9.17) is 16.6 Å². The van der Waals surface area contributed by atoms with Crippen LogP contribution in [0.15, 0.2) is 54.6 Å². The summed E-state index contributed by atoms with van der Waals surface area (Å²) in [6.07, 6.45) is 1.01. The Morgan fingerprint density at radius 3 is 2.64 bits per heavy atom. The van der Waals surface area contributed by atoms with E-state index in [1.54, 1.807) is 0 Å². The quantitative estimate of drug-likeness (QED) is 0.699. The Balaban J connectivity index is 1.69. The third kappa shape index (κ3) is 3.17. The van der Waals surface area contributed by atoms with Crippen LogP contribution in [0, 0.1) is 6.92 Å². The van der Waals surface area contributed by atoms with Crippen molar-refractivity contribution < 1.29 is 0 Å². The number of aromatic nitrogens is 2. The Hall–Kier alpha value is -2.59. The van der Waals surface area contributed by atoms with Gasteiger partial charge in [-0.2, -0.15) is 4.98 Å². The van der Waals surface area contributed by atoms with Crippen LogP contribution < -0.4 is 10.2 Å². The molecule has 0 fully saturated rings. The molecule has 2 aromatic carbocycles. The second kappa shape index (κ2) is 6.37. The average molecular weight is 351 g/mol. The smallest absolute Gasteiger partial charge is 0.232 e. The predicted octanol–water partition coefficient (Wildman–Crippen LogP) is 5.26. The molecule has 1 N–H and O–H groups in total. The van der Waals surface area contributed by atoms with E-state index >= 15 is 0 Å². The minimum absolute atomic E-state index is 0.336. The molecule has 1 aliphatic heterocycles. The highest BCUT2D eigenvalue weighted by atomic mass is 35.5. The molecule has 25 heavy (non-hydrogen) atoms. The molecular formula is C20H19ClN4. The Morgan fingerprint density at radius 2 is 1.84 bits per heavy atom. The van der Waals surface area contributed by atoms with E-state index in [0.717, 1.165) is 29.6 Å². The summed E-state index contributed by atoms with van der Waals surface area (Å²) in [4.78, 5) is 11.6. The monoisotopic (exact) mass is 350 g/mol. The molecule has 0 aliphatic carbocycles. The van der Waals surface area contributed by atoms with Gasteiger partial charge in [0.15, 0.2) is 0 Å². The average Bonchev–Trinajstić information content (AvgIpc) is 2.92. The topological polar surface area (TPSA) is 41.1 Å². The Kier molecular flexibility index (Phi) is 4.06. The van der Waals surface area contributed by atoms with Crippen LogP contribution in [0.25, 0.3) is 0 Å². The number of hydrogen-bond donors (Lipinski definition) is 1. The minimum atomic E-state index is 0.336. The largest absolute Gasteiger partial charge is 0.340 e. The fourth-order valence-electron chi connectivity index (χ4n) is 3.28. The van der Waals surface area contributed by atoms with Crippen LogP contribution in [0.2, 0.25) is 5.02 Å². The molecule has 1 unspecified atom stereocenters. The summed E-state index contributed by atoms with van der Waals surface area (Å²) in [6.45, 7) is 4.20. The molecule has 0 saturated carbocycles. The van der Waals surface area contributed by atoms with Crippen molar-refractivity contribution in [3.05, 3.63) is 70.9 Å². The number of rotatable bonds is 3. The predicted molar refractivity (Wildman–Crippen MR) is 103 cm³/mol. The van der Waals surface area contributed by atoms with E-state index in [9.17, 15) is 0 Å². The van der Waals surface area contributed by atoms with Crippen LogP contribution in [0.4, 0.5) is 23.1 Å². The van der Waals surface area contributed by atoms with Gasteiger partial charge in [0.25, 0.3) is 0 Å². The molecule has 126 valence electrons. The van der Waals surface area contributed by atoms with E-state index in [2.05, 4.69) is 46.4 Å². The van der Waals surface area contributed by atoms with Gasteiger partial charge in [0, 0.05) is 34.2 Å². The lowest BCUT2D eigenvalue weighted by molar-refractivity contribution is 0.738. The summed E-state index contributed by atoms with van der Waals surface area (Å²) < 4.78 is 0. The molecule has 0 bridgehead atoms. The van der Waals surface area contributed by atoms with Crippen molar-refractivity contribution >= 4 is 34.7 Å². The first kappa shape index (κ1) is 15.9. The SMILES string of the molecule is Cc1cc(Nc2ccc(Cl)cc2)nc(N2c3ccccc3CC2C)n1. The van der Waals surface area contributed by atoms with Crippen molar-refractivity contribution in [1.29, 1.82) is 0 Å². The molecule has 4 nitrogen and oxygen atoms in total. The van der Waals surface area contributed by atoms with Gasteiger partial charge in [0.05, 0.1) is 0 Å². The van der Waals surface area contributed by atoms with Gasteiger partial charge >= 0.3 is 0 Å². The maximum atomic E-state index is 5.96. The summed E-state index contributed by atoms with van der Waals surface area (Å²) in [6, 6.07) is 18.3. The van der Waals surface area contributed by atoms with Gasteiger partial charge in [-0.1, -0.05) is 29.8 Å². The maximum Gasteiger partial charge on any atom is 0.232 e. The first-order valence-corrected chi connectivity index (χ1v) is 8.73. The third-order valence-electron chi connectivity index (χ3n) is 4.38. The zero-order chi connectivity index (χ0) is 17.4. The Bertz CT molecular complexity index is 908. The van der Waals surface area contributed by atoms with Gasteiger partial charge in [-0.05, 0) is 56.2 Å². The van der Waals surface area contributed by atoms with Gasteiger partial charge in [-0.25, -0.2) is 4.98 Å². The molecule has 0 radical (unpaired) electrons. The molecule has 1 aromatic heterocycles. The molecule has 0 spiro atoms. The van der Waals surface area contributed by atoms with Crippen LogP contribution >= 0.6 is 11.6 Å². The van der Waals surface area contributed by atoms with Crippen molar-refractivity contribution in [2.45, 2.75) is 26.3 Å². The number of aryl methyl sites for hydroxylation is 1. The lowest BCUT2D eigenvalue weighted by Gasteiger charge is -2.23. The minimum Gasteiger partial charge on any atom is -0.340 e. The molecule has 1 atom stereocenters. The van der Waals surface area contributed by atoms with Crippen molar-refractivity contribution in [3.8, 4) is 0 Å². The summed E-state index contributed by atoms with van der Waals surface area (Å²) in [5.74, 6) is 1.51. The number of hydrogen-bond acceptors (Lipinski definition) is 4. The van der Waals surface area contributed by atoms with Crippen molar-refractivity contribution in [3.63, 3.8) is 0 Å². The number of anilines is 4. The highest BCUT2D eigenvalue weighted by Gasteiger charge is 2.28. The standard InChI is InChI=1S/C20H19ClN4/c1-13-11-19(23-17-9-7-16(21)8-10-17)24-20(22-13)25-14(2)12-15-5-3-4-6-18(15)25/h3-11,14H,12H2,1-2H3,(H,22,23,24). The van der Waals surface area contributed by atoms with E-state index in [0.29, 0.717) is 11.1 Å². The number of nitrogens with one attached hydrogen (secondary N) is 1. The lowest BCUT2D eigenvalue weighted by atomic mass is 10.1. The zero-order valence-corrected chi connectivity index (χ0v) is 15.0. The van der Waals surface area contributed by atoms with E-state index < -0.39 is 0 Å². The molecule has 0 saturated heterocycles. The Labute approximate surface area is 152 Å². The van der Waals surface area contributed by atoms with E-state index in [-0.39, 0.29) is 0 Å². The summed E-state index contributed by atoms with van der Waals surface area (Å²) >= 11 is 5.96. The van der Waals surface area contributed by atoms with Crippen molar-refractivity contribution in [2.24, 2.45) is 0 Å². The van der Waals surface area contributed by atoms with Gasteiger partial charge in [0.2, 0.25) is 5.95 Å². The fourth-order valence-corrected chi connectivity index (χ4v) is 3.40. The molecule has 3 aromatic rings. The van der Waals surface area contributed by atoms with Gasteiger partial charge in [-0.15, -0.1) is 0 Å². The number of para-hydroxylation sites is 1. The normalized spacial score (nSPS) is 16.0. The molecule has 5 heteroatoms. The number of nitrogens with zero attached hydrogens (tertiary/aromatic N) is 3. The highest BCUT2D eigenvalue weighted by Crippen LogP contribution is 2.36. The number of fused-ring (bicyclic) bond motifs is 1. The second-order valence-corrected chi connectivity index (χ2v) is 6.81. The maximum absolute atomic E-state index is 5.96. The Morgan fingerprint density at radius 1 is 1.08 bits per heavy atom. The van der Waals surface area contributed by atoms with Gasteiger partial charge in [0.1, 0.15) is 5.82 Å². The van der Waals surface area contributed by atoms with E-state index in [1.165, 1.54) is 11.3 Å². The van der Waals surface area contributed by atoms with Crippen LogP contribution in [-0.4, -0.2) is 16.0 Å².